The molecule has 5 nitrogen and oxygen atoms in total. The average Bonchev–Trinajstić information content (AvgIpc) is 3.17. The minimum absolute atomic E-state index is 0.0876. The first-order chi connectivity index (χ1) is 11.0. The number of thiophene rings is 1. The third kappa shape index (κ3) is 2.73. The highest BCUT2D eigenvalue weighted by Crippen LogP contribution is 2.40. The Bertz CT molecular complexity index is 683. The SMILES string of the molecule is CC1(C)C(O)CC1NCc1nnc(-c2cc3c(s2)CCCC3)o1. The Morgan fingerprint density at radius 3 is 2.91 bits per heavy atom. The van der Waals surface area contributed by atoms with Crippen LogP contribution in [0.5, 0.6) is 0 Å². The van der Waals surface area contributed by atoms with E-state index in [0.29, 0.717) is 24.4 Å². The summed E-state index contributed by atoms with van der Waals surface area (Å²) in [6.07, 6.45) is 5.48. The van der Waals surface area contributed by atoms with Crippen LogP contribution in [0.15, 0.2) is 10.5 Å². The molecule has 6 heteroatoms. The molecule has 1 saturated carbocycles. The fourth-order valence-corrected chi connectivity index (χ4v) is 4.65. The Hall–Kier alpha value is -1.24. The normalized spacial score (nSPS) is 25.9. The maximum absolute atomic E-state index is 9.79. The highest BCUT2D eigenvalue weighted by Gasteiger charge is 2.46. The predicted molar refractivity (Wildman–Crippen MR) is 89.3 cm³/mol. The second-order valence-electron chi connectivity index (χ2n) is 7.27. The van der Waals surface area contributed by atoms with Gasteiger partial charge >= 0.3 is 0 Å². The van der Waals surface area contributed by atoms with Crippen molar-refractivity contribution in [2.75, 3.05) is 0 Å². The number of aryl methyl sites for hydroxylation is 2. The summed E-state index contributed by atoms with van der Waals surface area (Å²) in [5.41, 5.74) is 1.37. The number of nitrogens with zero attached hydrogens (tertiary/aromatic N) is 2. The van der Waals surface area contributed by atoms with E-state index >= 15 is 0 Å². The van der Waals surface area contributed by atoms with Gasteiger partial charge in [0.1, 0.15) is 0 Å². The summed E-state index contributed by atoms with van der Waals surface area (Å²) in [7, 11) is 0. The van der Waals surface area contributed by atoms with Gasteiger partial charge in [-0.1, -0.05) is 13.8 Å². The zero-order valence-electron chi connectivity index (χ0n) is 13.6. The van der Waals surface area contributed by atoms with Crippen molar-refractivity contribution in [3.8, 4) is 10.8 Å². The van der Waals surface area contributed by atoms with Crippen molar-refractivity contribution in [1.82, 2.24) is 15.5 Å². The zero-order chi connectivity index (χ0) is 16.0. The molecular weight excluding hydrogens is 310 g/mol. The van der Waals surface area contributed by atoms with Crippen LogP contribution in [0.2, 0.25) is 0 Å². The van der Waals surface area contributed by atoms with E-state index in [1.807, 2.05) is 0 Å². The van der Waals surface area contributed by atoms with Crippen molar-refractivity contribution in [3.05, 3.63) is 22.4 Å². The van der Waals surface area contributed by atoms with Crippen LogP contribution in [0.25, 0.3) is 10.8 Å². The van der Waals surface area contributed by atoms with Gasteiger partial charge in [-0.05, 0) is 43.7 Å². The van der Waals surface area contributed by atoms with Crippen molar-refractivity contribution in [2.24, 2.45) is 5.41 Å². The number of aliphatic hydroxyl groups is 1. The molecule has 2 heterocycles. The molecule has 0 bridgehead atoms. The first-order valence-corrected chi connectivity index (χ1v) is 9.21. The van der Waals surface area contributed by atoms with Crippen LogP contribution in [0.4, 0.5) is 0 Å². The molecule has 23 heavy (non-hydrogen) atoms. The summed E-state index contributed by atoms with van der Waals surface area (Å²) in [4.78, 5) is 2.57. The van der Waals surface area contributed by atoms with E-state index in [-0.39, 0.29) is 11.5 Å². The molecule has 2 aromatic rings. The number of hydrogen-bond donors (Lipinski definition) is 2. The van der Waals surface area contributed by atoms with Gasteiger partial charge in [-0.15, -0.1) is 21.5 Å². The van der Waals surface area contributed by atoms with Crippen LogP contribution in [-0.2, 0) is 19.4 Å². The molecule has 2 aromatic heterocycles. The monoisotopic (exact) mass is 333 g/mol. The van der Waals surface area contributed by atoms with Crippen LogP contribution >= 0.6 is 11.3 Å². The molecule has 1 fully saturated rings. The first kappa shape index (κ1) is 15.3. The average molecular weight is 333 g/mol. The van der Waals surface area contributed by atoms with Crippen molar-refractivity contribution in [2.45, 2.75) is 64.6 Å². The molecule has 2 atom stereocenters. The molecule has 0 saturated heterocycles. The number of nitrogens with one attached hydrogen (secondary N) is 1. The summed E-state index contributed by atoms with van der Waals surface area (Å²) in [6, 6.07) is 2.51. The smallest absolute Gasteiger partial charge is 0.257 e. The van der Waals surface area contributed by atoms with Gasteiger partial charge < -0.3 is 14.8 Å². The molecule has 2 unspecified atom stereocenters. The third-order valence-electron chi connectivity index (χ3n) is 5.39. The quantitative estimate of drug-likeness (QED) is 0.900. The lowest BCUT2D eigenvalue weighted by atomic mass is 9.64. The van der Waals surface area contributed by atoms with Crippen LogP contribution in [0.3, 0.4) is 0 Å². The standard InChI is InChI=1S/C17H23N3O2S/c1-17(2)13(8-14(17)21)18-9-15-19-20-16(22-15)12-7-10-5-3-4-6-11(10)23-12/h7,13-14,18,21H,3-6,8-9H2,1-2H3. The molecule has 4 rings (SSSR count). The van der Waals surface area contributed by atoms with Gasteiger partial charge in [-0.25, -0.2) is 0 Å². The molecule has 0 amide bonds. The second-order valence-corrected chi connectivity index (χ2v) is 8.41. The van der Waals surface area contributed by atoms with Crippen LogP contribution in [-0.4, -0.2) is 27.4 Å². The maximum Gasteiger partial charge on any atom is 0.257 e. The number of aliphatic hydroxyl groups excluding tert-OH is 1. The summed E-state index contributed by atoms with van der Waals surface area (Å²) >= 11 is 1.79. The Labute approximate surface area is 140 Å². The van der Waals surface area contributed by atoms with Crippen molar-refractivity contribution in [1.29, 1.82) is 0 Å². The van der Waals surface area contributed by atoms with Gasteiger partial charge in [0, 0.05) is 16.3 Å². The van der Waals surface area contributed by atoms with E-state index in [0.717, 1.165) is 11.3 Å². The molecule has 2 aliphatic rings. The fraction of sp³-hybridized carbons (Fsp3) is 0.647. The Balaban J connectivity index is 1.42. The summed E-state index contributed by atoms with van der Waals surface area (Å²) < 4.78 is 5.82. The van der Waals surface area contributed by atoms with Gasteiger partial charge in [0.2, 0.25) is 5.89 Å². The highest BCUT2D eigenvalue weighted by molar-refractivity contribution is 7.15. The van der Waals surface area contributed by atoms with E-state index in [1.165, 1.54) is 36.1 Å². The lowest BCUT2D eigenvalue weighted by Gasteiger charge is -2.49. The lowest BCUT2D eigenvalue weighted by molar-refractivity contribution is -0.0735. The predicted octanol–water partition coefficient (Wildman–Crippen LogP) is 2.93. The third-order valence-corrected chi connectivity index (χ3v) is 6.61. The van der Waals surface area contributed by atoms with Gasteiger partial charge in [0.05, 0.1) is 17.5 Å². The molecule has 2 N–H and O–H groups in total. The number of aromatic nitrogens is 2. The second kappa shape index (κ2) is 5.69. The molecule has 124 valence electrons. The molecule has 2 aliphatic carbocycles. The minimum atomic E-state index is -0.226. The van der Waals surface area contributed by atoms with Crippen LogP contribution < -0.4 is 5.32 Å². The summed E-state index contributed by atoms with van der Waals surface area (Å²) in [5.74, 6) is 1.25. The van der Waals surface area contributed by atoms with Gasteiger partial charge in [-0.3, -0.25) is 0 Å². The van der Waals surface area contributed by atoms with E-state index < -0.39 is 0 Å². The number of rotatable bonds is 4. The Kier molecular flexibility index (Phi) is 3.78. The fourth-order valence-electron chi connectivity index (χ4n) is 3.48. The Morgan fingerprint density at radius 2 is 2.17 bits per heavy atom. The molecule has 0 aromatic carbocycles. The number of fused-ring (bicyclic) bond motifs is 1. The molecule has 0 spiro atoms. The van der Waals surface area contributed by atoms with Crippen molar-refractivity contribution < 1.29 is 9.52 Å². The lowest BCUT2D eigenvalue weighted by Crippen LogP contribution is -2.59. The highest BCUT2D eigenvalue weighted by atomic mass is 32.1. The van der Waals surface area contributed by atoms with Crippen LogP contribution in [0.1, 0.15) is 49.4 Å². The summed E-state index contributed by atoms with van der Waals surface area (Å²) in [5, 5.41) is 21.6. The minimum Gasteiger partial charge on any atom is -0.419 e. The van der Waals surface area contributed by atoms with Gasteiger partial charge in [-0.2, -0.15) is 0 Å². The maximum atomic E-state index is 9.79. The van der Waals surface area contributed by atoms with Crippen molar-refractivity contribution >= 4 is 11.3 Å². The van der Waals surface area contributed by atoms with E-state index in [9.17, 15) is 5.11 Å². The van der Waals surface area contributed by atoms with Crippen molar-refractivity contribution in [3.63, 3.8) is 0 Å². The van der Waals surface area contributed by atoms with Gasteiger partial charge in [0.25, 0.3) is 5.89 Å². The van der Waals surface area contributed by atoms with E-state index in [1.54, 1.807) is 11.3 Å². The Morgan fingerprint density at radius 1 is 1.35 bits per heavy atom. The molecule has 0 aliphatic heterocycles. The van der Waals surface area contributed by atoms with Gasteiger partial charge in [0.15, 0.2) is 0 Å². The molecular formula is C17H23N3O2S. The van der Waals surface area contributed by atoms with E-state index in [4.69, 9.17) is 4.42 Å². The largest absolute Gasteiger partial charge is 0.419 e. The molecule has 0 radical (unpaired) electrons. The summed E-state index contributed by atoms with van der Waals surface area (Å²) in [6.45, 7) is 4.71. The zero-order valence-corrected chi connectivity index (χ0v) is 14.4. The van der Waals surface area contributed by atoms with E-state index in [2.05, 4.69) is 35.4 Å². The number of hydrogen-bond acceptors (Lipinski definition) is 6. The van der Waals surface area contributed by atoms with Crippen LogP contribution in [0, 0.1) is 5.41 Å². The first-order valence-electron chi connectivity index (χ1n) is 8.40. The topological polar surface area (TPSA) is 71.2 Å².